The SMILES string of the molecule is CCN(Cc1ccccc1)C(=O)CNC(=O)c1ccccc1OC. The molecule has 2 amide bonds. The average molecular weight is 326 g/mol. The normalized spacial score (nSPS) is 10.1. The first-order chi connectivity index (χ1) is 11.7. The smallest absolute Gasteiger partial charge is 0.255 e. The number of hydrogen-bond donors (Lipinski definition) is 1. The second-order valence-corrected chi connectivity index (χ2v) is 5.28. The Kier molecular flexibility index (Phi) is 6.37. The van der Waals surface area contributed by atoms with Gasteiger partial charge in [-0.15, -0.1) is 0 Å². The molecular weight excluding hydrogens is 304 g/mol. The lowest BCUT2D eigenvalue weighted by molar-refractivity contribution is -0.130. The van der Waals surface area contributed by atoms with Crippen molar-refractivity contribution in [2.75, 3.05) is 20.2 Å². The maximum Gasteiger partial charge on any atom is 0.255 e. The van der Waals surface area contributed by atoms with Crippen LogP contribution in [0.5, 0.6) is 5.75 Å². The highest BCUT2D eigenvalue weighted by Gasteiger charge is 2.16. The zero-order valence-electron chi connectivity index (χ0n) is 14.0. The van der Waals surface area contributed by atoms with Crippen LogP contribution in [-0.2, 0) is 11.3 Å². The molecule has 0 aliphatic rings. The minimum Gasteiger partial charge on any atom is -0.496 e. The zero-order valence-corrected chi connectivity index (χ0v) is 14.0. The largest absolute Gasteiger partial charge is 0.496 e. The van der Waals surface area contributed by atoms with E-state index in [0.29, 0.717) is 24.4 Å². The number of carbonyl (C=O) groups is 2. The van der Waals surface area contributed by atoms with Gasteiger partial charge in [0, 0.05) is 13.1 Å². The molecule has 2 aromatic carbocycles. The Bertz CT molecular complexity index is 686. The van der Waals surface area contributed by atoms with E-state index >= 15 is 0 Å². The summed E-state index contributed by atoms with van der Waals surface area (Å²) in [6.45, 7) is 2.99. The third-order valence-corrected chi connectivity index (χ3v) is 3.70. The molecule has 2 aromatic rings. The van der Waals surface area contributed by atoms with Crippen LogP contribution in [0.25, 0.3) is 0 Å². The van der Waals surface area contributed by atoms with Gasteiger partial charge in [0.15, 0.2) is 0 Å². The molecule has 0 saturated heterocycles. The van der Waals surface area contributed by atoms with Crippen LogP contribution in [0.2, 0.25) is 0 Å². The number of benzene rings is 2. The number of nitrogens with zero attached hydrogens (tertiary/aromatic N) is 1. The standard InChI is InChI=1S/C19H22N2O3/c1-3-21(14-15-9-5-4-6-10-15)18(22)13-20-19(23)16-11-7-8-12-17(16)24-2/h4-12H,3,13-14H2,1-2H3,(H,20,23). The fourth-order valence-corrected chi connectivity index (χ4v) is 2.38. The number of methoxy groups -OCH3 is 1. The van der Waals surface area contributed by atoms with Gasteiger partial charge in [0.25, 0.3) is 5.91 Å². The predicted octanol–water partition coefficient (Wildman–Crippen LogP) is 2.47. The van der Waals surface area contributed by atoms with E-state index in [1.165, 1.54) is 7.11 Å². The Morgan fingerprint density at radius 1 is 1.04 bits per heavy atom. The summed E-state index contributed by atoms with van der Waals surface area (Å²) >= 11 is 0. The third kappa shape index (κ3) is 4.59. The lowest BCUT2D eigenvalue weighted by Gasteiger charge is -2.21. The molecule has 0 atom stereocenters. The first-order valence-corrected chi connectivity index (χ1v) is 7.88. The van der Waals surface area contributed by atoms with Gasteiger partial charge in [0.2, 0.25) is 5.91 Å². The minimum atomic E-state index is -0.323. The van der Waals surface area contributed by atoms with Crippen molar-refractivity contribution in [1.29, 1.82) is 0 Å². The predicted molar refractivity (Wildman–Crippen MR) is 92.9 cm³/mol. The Labute approximate surface area is 142 Å². The number of hydrogen-bond acceptors (Lipinski definition) is 3. The van der Waals surface area contributed by atoms with Crippen LogP contribution in [0.3, 0.4) is 0 Å². The summed E-state index contributed by atoms with van der Waals surface area (Å²) in [5, 5.41) is 2.66. The maximum absolute atomic E-state index is 12.3. The van der Waals surface area contributed by atoms with E-state index in [2.05, 4.69) is 5.32 Å². The summed E-state index contributed by atoms with van der Waals surface area (Å²) in [5.74, 6) is 0.0419. The highest BCUT2D eigenvalue weighted by atomic mass is 16.5. The molecule has 0 unspecified atom stereocenters. The molecule has 2 rings (SSSR count). The van der Waals surface area contributed by atoms with Crippen molar-refractivity contribution in [3.63, 3.8) is 0 Å². The second-order valence-electron chi connectivity index (χ2n) is 5.28. The topological polar surface area (TPSA) is 58.6 Å². The summed E-state index contributed by atoms with van der Waals surface area (Å²) in [6, 6.07) is 16.7. The van der Waals surface area contributed by atoms with Crippen LogP contribution in [0.4, 0.5) is 0 Å². The number of ether oxygens (including phenoxy) is 1. The molecule has 0 saturated carbocycles. The van der Waals surface area contributed by atoms with Gasteiger partial charge in [0.1, 0.15) is 5.75 Å². The number of para-hydroxylation sites is 1. The molecule has 0 heterocycles. The van der Waals surface area contributed by atoms with Crippen molar-refractivity contribution in [2.24, 2.45) is 0 Å². The number of rotatable bonds is 7. The molecule has 0 bridgehead atoms. The molecule has 126 valence electrons. The van der Waals surface area contributed by atoms with Crippen LogP contribution in [0.1, 0.15) is 22.8 Å². The van der Waals surface area contributed by atoms with Gasteiger partial charge >= 0.3 is 0 Å². The van der Waals surface area contributed by atoms with E-state index in [9.17, 15) is 9.59 Å². The first-order valence-electron chi connectivity index (χ1n) is 7.88. The number of carbonyl (C=O) groups excluding carboxylic acids is 2. The summed E-state index contributed by atoms with van der Waals surface area (Å²) in [7, 11) is 1.51. The lowest BCUT2D eigenvalue weighted by Crippen LogP contribution is -2.39. The fourth-order valence-electron chi connectivity index (χ4n) is 2.38. The van der Waals surface area contributed by atoms with Crippen LogP contribution < -0.4 is 10.1 Å². The third-order valence-electron chi connectivity index (χ3n) is 3.70. The molecule has 0 radical (unpaired) electrons. The molecule has 24 heavy (non-hydrogen) atoms. The van der Waals surface area contributed by atoms with E-state index in [-0.39, 0.29) is 18.4 Å². The summed E-state index contributed by atoms with van der Waals surface area (Å²) < 4.78 is 5.16. The first kappa shape index (κ1) is 17.5. The van der Waals surface area contributed by atoms with E-state index < -0.39 is 0 Å². The average Bonchev–Trinajstić information content (AvgIpc) is 2.64. The molecule has 5 heteroatoms. The van der Waals surface area contributed by atoms with Crippen LogP contribution >= 0.6 is 0 Å². The van der Waals surface area contributed by atoms with Gasteiger partial charge in [-0.25, -0.2) is 0 Å². The quantitative estimate of drug-likeness (QED) is 0.850. The van der Waals surface area contributed by atoms with Gasteiger partial charge < -0.3 is 15.0 Å². The molecule has 0 fully saturated rings. The Morgan fingerprint density at radius 2 is 1.71 bits per heavy atom. The molecule has 0 aliphatic carbocycles. The van der Waals surface area contributed by atoms with E-state index in [1.807, 2.05) is 37.3 Å². The molecule has 5 nitrogen and oxygen atoms in total. The highest BCUT2D eigenvalue weighted by Crippen LogP contribution is 2.16. The lowest BCUT2D eigenvalue weighted by atomic mass is 10.2. The van der Waals surface area contributed by atoms with Crippen molar-refractivity contribution in [2.45, 2.75) is 13.5 Å². The number of amides is 2. The Balaban J connectivity index is 1.94. The van der Waals surface area contributed by atoms with E-state index in [0.717, 1.165) is 5.56 Å². The summed E-state index contributed by atoms with van der Waals surface area (Å²) in [6.07, 6.45) is 0. The Morgan fingerprint density at radius 3 is 2.38 bits per heavy atom. The monoisotopic (exact) mass is 326 g/mol. The van der Waals surface area contributed by atoms with Gasteiger partial charge in [-0.1, -0.05) is 42.5 Å². The molecule has 0 aliphatic heterocycles. The van der Waals surface area contributed by atoms with Gasteiger partial charge in [-0.05, 0) is 24.6 Å². The minimum absolute atomic E-state index is 0.0441. The van der Waals surface area contributed by atoms with Crippen molar-refractivity contribution in [1.82, 2.24) is 10.2 Å². The number of nitrogens with one attached hydrogen (secondary N) is 1. The van der Waals surface area contributed by atoms with E-state index in [4.69, 9.17) is 4.74 Å². The van der Waals surface area contributed by atoms with Crippen molar-refractivity contribution in [3.8, 4) is 5.75 Å². The van der Waals surface area contributed by atoms with Gasteiger partial charge in [0.05, 0.1) is 19.2 Å². The van der Waals surface area contributed by atoms with Crippen LogP contribution in [0, 0.1) is 0 Å². The van der Waals surface area contributed by atoms with Crippen molar-refractivity contribution < 1.29 is 14.3 Å². The van der Waals surface area contributed by atoms with E-state index in [1.54, 1.807) is 29.2 Å². The number of likely N-dealkylation sites (N-methyl/N-ethyl adjacent to an activating group) is 1. The molecule has 0 aromatic heterocycles. The second kappa shape index (κ2) is 8.72. The van der Waals surface area contributed by atoms with Crippen molar-refractivity contribution in [3.05, 3.63) is 65.7 Å². The van der Waals surface area contributed by atoms with Crippen LogP contribution in [-0.4, -0.2) is 36.9 Å². The summed E-state index contributed by atoms with van der Waals surface area (Å²) in [5.41, 5.74) is 1.47. The molecular formula is C19H22N2O3. The zero-order chi connectivity index (χ0) is 17.4. The maximum atomic E-state index is 12.3. The van der Waals surface area contributed by atoms with Crippen molar-refractivity contribution >= 4 is 11.8 Å². The molecule has 1 N–H and O–H groups in total. The van der Waals surface area contributed by atoms with Crippen LogP contribution in [0.15, 0.2) is 54.6 Å². The van der Waals surface area contributed by atoms with Gasteiger partial charge in [-0.3, -0.25) is 9.59 Å². The highest BCUT2D eigenvalue weighted by molar-refractivity contribution is 5.98. The fraction of sp³-hybridized carbons (Fsp3) is 0.263. The molecule has 0 spiro atoms. The summed E-state index contributed by atoms with van der Waals surface area (Å²) in [4.78, 5) is 26.3. The Hall–Kier alpha value is -2.82. The van der Waals surface area contributed by atoms with Gasteiger partial charge in [-0.2, -0.15) is 0 Å².